The van der Waals surface area contributed by atoms with Gasteiger partial charge in [-0.05, 0) is 18.2 Å². The van der Waals surface area contributed by atoms with E-state index < -0.39 is 10.9 Å². The van der Waals surface area contributed by atoms with Crippen LogP contribution in [0.2, 0.25) is 5.02 Å². The van der Waals surface area contributed by atoms with Crippen molar-refractivity contribution in [2.75, 3.05) is 12.4 Å². The van der Waals surface area contributed by atoms with Gasteiger partial charge < -0.3 is 10.1 Å². The number of aromatic nitrogens is 2. The molecule has 0 amide bonds. The summed E-state index contributed by atoms with van der Waals surface area (Å²) in [7, 11) is 1.58. The number of carbonyl (C=O) groups is 1. The first kappa shape index (κ1) is 18.3. The largest absolute Gasteiger partial charge is 0.456 e. The number of anilines is 1. The van der Waals surface area contributed by atoms with Gasteiger partial charge in [-0.25, -0.2) is 9.78 Å². The highest BCUT2D eigenvalue weighted by Crippen LogP contribution is 2.23. The van der Waals surface area contributed by atoms with Gasteiger partial charge in [0.15, 0.2) is 0 Å². The molecule has 0 aliphatic rings. The van der Waals surface area contributed by atoms with E-state index in [-0.39, 0.29) is 29.1 Å². The number of pyridine rings is 1. The number of benzene rings is 1. The van der Waals surface area contributed by atoms with Crippen LogP contribution in [0.3, 0.4) is 0 Å². The van der Waals surface area contributed by atoms with Crippen molar-refractivity contribution in [2.45, 2.75) is 6.61 Å². The van der Waals surface area contributed by atoms with Gasteiger partial charge in [-0.3, -0.25) is 19.3 Å². The third-order valence-electron chi connectivity index (χ3n) is 3.73. The second kappa shape index (κ2) is 7.42. The van der Waals surface area contributed by atoms with E-state index in [0.29, 0.717) is 16.4 Å². The Labute approximate surface area is 157 Å². The second-order valence-corrected chi connectivity index (χ2v) is 5.91. The maximum atomic E-state index is 12.4. The van der Waals surface area contributed by atoms with Crippen LogP contribution in [0.5, 0.6) is 0 Å². The molecule has 0 spiro atoms. The minimum Gasteiger partial charge on any atom is -0.456 e. The predicted molar refractivity (Wildman–Crippen MR) is 98.2 cm³/mol. The fourth-order valence-corrected chi connectivity index (χ4v) is 2.61. The van der Waals surface area contributed by atoms with Gasteiger partial charge in [0.05, 0.1) is 21.2 Å². The Morgan fingerprint density at radius 1 is 1.33 bits per heavy atom. The number of ether oxygens (including phenoxy) is 1. The summed E-state index contributed by atoms with van der Waals surface area (Å²) in [4.78, 5) is 39.0. The predicted octanol–water partition coefficient (Wildman–Crippen LogP) is 2.65. The molecule has 1 N–H and O–H groups in total. The molecule has 0 bridgehead atoms. The number of fused-ring (bicyclic) bond motifs is 1. The molecule has 3 aromatic rings. The summed E-state index contributed by atoms with van der Waals surface area (Å²) >= 11 is 5.85. The van der Waals surface area contributed by atoms with Gasteiger partial charge >= 0.3 is 5.97 Å². The molecular formula is C17H13ClN4O5. The zero-order chi connectivity index (χ0) is 19.6. The summed E-state index contributed by atoms with van der Waals surface area (Å²) < 4.78 is 6.45. The number of hydrogen-bond donors (Lipinski definition) is 1. The number of nitrogens with one attached hydrogen (secondary N) is 1. The number of carbonyl (C=O) groups excluding carboxylic acids is 1. The molecule has 10 heteroatoms. The van der Waals surface area contributed by atoms with Crippen LogP contribution in [0, 0.1) is 10.1 Å². The van der Waals surface area contributed by atoms with Gasteiger partial charge in [-0.2, -0.15) is 0 Å². The van der Waals surface area contributed by atoms with Crippen LogP contribution in [0.25, 0.3) is 5.65 Å². The average Bonchev–Trinajstić information content (AvgIpc) is 2.66. The van der Waals surface area contributed by atoms with Gasteiger partial charge in [-0.1, -0.05) is 11.6 Å². The number of non-ortho nitro benzene ring substituents is 1. The van der Waals surface area contributed by atoms with Gasteiger partial charge in [-0.15, -0.1) is 0 Å². The molecule has 9 nitrogen and oxygen atoms in total. The lowest BCUT2D eigenvalue weighted by molar-refractivity contribution is -0.384. The smallest absolute Gasteiger partial charge is 0.340 e. The van der Waals surface area contributed by atoms with Gasteiger partial charge in [0.2, 0.25) is 0 Å². The monoisotopic (exact) mass is 388 g/mol. The Balaban J connectivity index is 1.85. The number of rotatable bonds is 5. The lowest BCUT2D eigenvalue weighted by Gasteiger charge is -2.09. The Morgan fingerprint density at radius 2 is 2.11 bits per heavy atom. The molecule has 2 aromatic heterocycles. The maximum Gasteiger partial charge on any atom is 0.340 e. The molecule has 0 saturated heterocycles. The lowest BCUT2D eigenvalue weighted by Crippen LogP contribution is -2.17. The third kappa shape index (κ3) is 3.87. The minimum absolute atomic E-state index is 0.0102. The molecule has 0 aliphatic carbocycles. The Bertz CT molecular complexity index is 1110. The van der Waals surface area contributed by atoms with Crippen molar-refractivity contribution in [3.05, 3.63) is 79.3 Å². The van der Waals surface area contributed by atoms with E-state index in [4.69, 9.17) is 16.3 Å². The zero-order valence-electron chi connectivity index (χ0n) is 14.0. The SMILES string of the molecule is CNc1ccc([N+](=O)[O-])cc1C(=O)OCc1cc(=O)n2cc(Cl)ccc2n1. The molecule has 0 atom stereocenters. The van der Waals surface area contributed by atoms with E-state index in [1.54, 1.807) is 19.2 Å². The fourth-order valence-electron chi connectivity index (χ4n) is 2.45. The van der Waals surface area contributed by atoms with Gasteiger partial charge in [0.1, 0.15) is 12.3 Å². The van der Waals surface area contributed by atoms with Crippen molar-refractivity contribution in [1.82, 2.24) is 9.38 Å². The van der Waals surface area contributed by atoms with Crippen molar-refractivity contribution >= 4 is 34.6 Å². The van der Waals surface area contributed by atoms with Crippen LogP contribution in [0.1, 0.15) is 16.1 Å². The number of hydrogen-bond acceptors (Lipinski definition) is 7. The van der Waals surface area contributed by atoms with Crippen molar-refractivity contribution in [1.29, 1.82) is 0 Å². The molecule has 0 aliphatic heterocycles. The minimum atomic E-state index is -0.777. The standard InChI is InChI=1S/C17H13ClN4O5/c1-19-14-4-3-12(22(25)26)7-13(14)17(24)27-9-11-6-16(23)21-8-10(18)2-5-15(21)20-11/h2-8,19H,9H2,1H3. The molecule has 0 unspecified atom stereocenters. The Morgan fingerprint density at radius 3 is 2.81 bits per heavy atom. The Kier molecular flexibility index (Phi) is 5.04. The van der Waals surface area contributed by atoms with Crippen LogP contribution in [0.15, 0.2) is 47.4 Å². The number of halogens is 1. The fraction of sp³-hybridized carbons (Fsp3) is 0.118. The number of nitrogens with zero attached hydrogens (tertiary/aromatic N) is 3. The van der Waals surface area contributed by atoms with Crippen molar-refractivity contribution < 1.29 is 14.5 Å². The molecule has 3 rings (SSSR count). The van der Waals surface area contributed by atoms with Gasteiger partial charge in [0.25, 0.3) is 11.2 Å². The molecular weight excluding hydrogens is 376 g/mol. The topological polar surface area (TPSA) is 116 Å². The molecule has 0 radical (unpaired) electrons. The summed E-state index contributed by atoms with van der Waals surface area (Å²) in [6, 6.07) is 8.19. The summed E-state index contributed by atoms with van der Waals surface area (Å²) in [6.45, 7) is -0.265. The van der Waals surface area contributed by atoms with Crippen molar-refractivity contribution in [3.8, 4) is 0 Å². The van der Waals surface area contributed by atoms with Gasteiger partial charge in [0, 0.05) is 37.1 Å². The van der Waals surface area contributed by atoms with E-state index >= 15 is 0 Å². The highest BCUT2D eigenvalue weighted by atomic mass is 35.5. The summed E-state index contributed by atoms with van der Waals surface area (Å²) in [5.41, 5.74) is 0.374. The van der Waals surface area contributed by atoms with E-state index in [9.17, 15) is 19.7 Å². The third-order valence-corrected chi connectivity index (χ3v) is 3.95. The number of esters is 1. The first-order chi connectivity index (χ1) is 12.9. The van der Waals surface area contributed by atoms with Crippen molar-refractivity contribution in [2.24, 2.45) is 0 Å². The average molecular weight is 389 g/mol. The van der Waals surface area contributed by atoms with Crippen LogP contribution in [-0.4, -0.2) is 27.3 Å². The van der Waals surface area contributed by atoms with E-state index in [1.165, 1.54) is 28.8 Å². The number of nitro groups is 1. The molecule has 0 saturated carbocycles. The van der Waals surface area contributed by atoms with Crippen LogP contribution in [0.4, 0.5) is 11.4 Å². The summed E-state index contributed by atoms with van der Waals surface area (Å²) in [5, 5.41) is 14.1. The summed E-state index contributed by atoms with van der Waals surface area (Å²) in [5.74, 6) is -0.777. The highest BCUT2D eigenvalue weighted by molar-refractivity contribution is 6.30. The first-order valence-electron chi connectivity index (χ1n) is 7.70. The molecule has 0 fully saturated rings. The first-order valence-corrected chi connectivity index (χ1v) is 8.08. The van der Waals surface area contributed by atoms with E-state index in [1.807, 2.05) is 0 Å². The molecule has 138 valence electrons. The summed E-state index contributed by atoms with van der Waals surface area (Å²) in [6.07, 6.45) is 1.43. The van der Waals surface area contributed by atoms with Crippen LogP contribution >= 0.6 is 11.6 Å². The zero-order valence-corrected chi connectivity index (χ0v) is 14.8. The van der Waals surface area contributed by atoms with E-state index in [2.05, 4.69) is 10.3 Å². The van der Waals surface area contributed by atoms with E-state index in [0.717, 1.165) is 6.07 Å². The van der Waals surface area contributed by atoms with Crippen LogP contribution < -0.4 is 10.9 Å². The molecule has 2 heterocycles. The molecule has 27 heavy (non-hydrogen) atoms. The Hall–Kier alpha value is -3.46. The number of nitro benzene ring substituents is 1. The van der Waals surface area contributed by atoms with Crippen LogP contribution in [-0.2, 0) is 11.3 Å². The molecule has 1 aromatic carbocycles. The lowest BCUT2D eigenvalue weighted by atomic mass is 10.1. The second-order valence-electron chi connectivity index (χ2n) is 5.47. The quantitative estimate of drug-likeness (QED) is 0.405. The maximum absolute atomic E-state index is 12.4. The normalized spacial score (nSPS) is 10.6. The van der Waals surface area contributed by atoms with Crippen molar-refractivity contribution in [3.63, 3.8) is 0 Å². The highest BCUT2D eigenvalue weighted by Gasteiger charge is 2.18.